The zero-order valence-corrected chi connectivity index (χ0v) is 16.6. The van der Waals surface area contributed by atoms with Crippen molar-refractivity contribution in [3.05, 3.63) is 78.4 Å². The molecule has 1 heterocycles. The molecule has 0 saturated carbocycles. The van der Waals surface area contributed by atoms with E-state index in [-0.39, 0.29) is 18.6 Å². The third kappa shape index (κ3) is 5.68. The zero-order valence-electron chi connectivity index (χ0n) is 16.6. The van der Waals surface area contributed by atoms with Crippen LogP contribution in [0.2, 0.25) is 0 Å². The number of amides is 1. The number of carbonyl (C=O) groups excluding carboxylic acids is 1. The smallest absolute Gasteiger partial charge is 0.248 e. The van der Waals surface area contributed by atoms with E-state index >= 15 is 0 Å². The van der Waals surface area contributed by atoms with Crippen LogP contribution in [-0.2, 0) is 21.0 Å². The third-order valence-corrected chi connectivity index (χ3v) is 4.61. The molecule has 3 rings (SSSR count). The van der Waals surface area contributed by atoms with E-state index in [1.807, 2.05) is 54.6 Å². The molecule has 1 aliphatic heterocycles. The average Bonchev–Trinajstić information content (AvgIpc) is 3.22. The topological polar surface area (TPSA) is 60.4 Å². The van der Waals surface area contributed by atoms with Gasteiger partial charge in [-0.1, -0.05) is 53.7 Å². The van der Waals surface area contributed by atoms with Gasteiger partial charge in [-0.15, -0.1) is 6.58 Å². The minimum atomic E-state index is -0.215. The highest BCUT2D eigenvalue weighted by Gasteiger charge is 2.27. The van der Waals surface area contributed by atoms with Crippen LogP contribution in [0.25, 0.3) is 0 Å². The average molecular weight is 394 g/mol. The number of benzene rings is 2. The molecular formula is C23H26N2O4. The third-order valence-electron chi connectivity index (χ3n) is 4.61. The molecule has 0 aromatic heterocycles. The Morgan fingerprint density at radius 1 is 1.24 bits per heavy atom. The Morgan fingerprint density at radius 3 is 2.76 bits per heavy atom. The lowest BCUT2D eigenvalue weighted by molar-refractivity contribution is -0.137. The SMILES string of the molecule is C=CCN(C[C@H]1CC(c2ccccc2OC)=NO1)C(=O)COCc1ccccc1. The van der Waals surface area contributed by atoms with Crippen LogP contribution in [-0.4, -0.2) is 49.4 Å². The number of oxime groups is 1. The summed E-state index contributed by atoms with van der Waals surface area (Å²) in [6, 6.07) is 17.5. The molecule has 1 amide bonds. The predicted octanol–water partition coefficient (Wildman–Crippen LogP) is 3.42. The lowest BCUT2D eigenvalue weighted by atomic mass is 10.0. The van der Waals surface area contributed by atoms with Crippen molar-refractivity contribution in [1.82, 2.24) is 4.90 Å². The molecule has 0 spiro atoms. The number of carbonyl (C=O) groups is 1. The number of rotatable bonds is 10. The molecule has 2 aromatic carbocycles. The van der Waals surface area contributed by atoms with Gasteiger partial charge in [0.25, 0.3) is 0 Å². The highest BCUT2D eigenvalue weighted by Crippen LogP contribution is 2.24. The molecular weight excluding hydrogens is 368 g/mol. The van der Waals surface area contributed by atoms with Gasteiger partial charge in [-0.25, -0.2) is 0 Å². The molecule has 0 bridgehead atoms. The quantitative estimate of drug-likeness (QED) is 0.580. The van der Waals surface area contributed by atoms with Crippen molar-refractivity contribution in [3.63, 3.8) is 0 Å². The molecule has 0 unspecified atom stereocenters. The van der Waals surface area contributed by atoms with Crippen molar-refractivity contribution >= 4 is 11.6 Å². The van der Waals surface area contributed by atoms with Gasteiger partial charge < -0.3 is 19.2 Å². The van der Waals surface area contributed by atoms with Crippen molar-refractivity contribution in [3.8, 4) is 5.75 Å². The molecule has 0 radical (unpaired) electrons. The van der Waals surface area contributed by atoms with Gasteiger partial charge in [0, 0.05) is 18.5 Å². The Balaban J connectivity index is 1.52. The van der Waals surface area contributed by atoms with Crippen LogP contribution in [0.3, 0.4) is 0 Å². The first-order valence-corrected chi connectivity index (χ1v) is 9.57. The van der Waals surface area contributed by atoms with E-state index in [1.165, 1.54) is 0 Å². The molecule has 0 saturated heterocycles. The molecule has 1 atom stereocenters. The van der Waals surface area contributed by atoms with Gasteiger partial charge in [-0.05, 0) is 17.7 Å². The second-order valence-corrected chi connectivity index (χ2v) is 6.74. The van der Waals surface area contributed by atoms with Gasteiger partial charge in [0.1, 0.15) is 12.4 Å². The summed E-state index contributed by atoms with van der Waals surface area (Å²) in [4.78, 5) is 19.9. The van der Waals surface area contributed by atoms with Crippen LogP contribution in [0.1, 0.15) is 17.5 Å². The van der Waals surface area contributed by atoms with Crippen molar-refractivity contribution in [2.24, 2.45) is 5.16 Å². The number of ether oxygens (including phenoxy) is 2. The molecule has 0 fully saturated rings. The maximum absolute atomic E-state index is 12.6. The highest BCUT2D eigenvalue weighted by atomic mass is 16.6. The highest BCUT2D eigenvalue weighted by molar-refractivity contribution is 6.03. The molecule has 0 aliphatic carbocycles. The number of nitrogens with zero attached hydrogens (tertiary/aromatic N) is 2. The molecule has 152 valence electrons. The van der Waals surface area contributed by atoms with E-state index in [0.29, 0.717) is 26.1 Å². The van der Waals surface area contributed by atoms with Crippen molar-refractivity contribution in [1.29, 1.82) is 0 Å². The maximum Gasteiger partial charge on any atom is 0.248 e. The standard InChI is InChI=1S/C23H26N2O4/c1-3-13-25(23(26)17-28-16-18-9-5-4-6-10-18)15-19-14-21(24-29-19)20-11-7-8-12-22(20)27-2/h3-12,19H,1,13-17H2,2H3/t19-/m1/s1. The van der Waals surface area contributed by atoms with Crippen LogP contribution < -0.4 is 4.74 Å². The van der Waals surface area contributed by atoms with E-state index in [1.54, 1.807) is 18.1 Å². The minimum Gasteiger partial charge on any atom is -0.496 e. The monoisotopic (exact) mass is 394 g/mol. The van der Waals surface area contributed by atoms with Crippen molar-refractivity contribution < 1.29 is 19.1 Å². The first kappa shape index (κ1) is 20.6. The summed E-state index contributed by atoms with van der Waals surface area (Å²) < 4.78 is 11.0. The number of para-hydroxylation sites is 1. The van der Waals surface area contributed by atoms with E-state index < -0.39 is 0 Å². The summed E-state index contributed by atoms with van der Waals surface area (Å²) in [5.74, 6) is 0.652. The zero-order chi connectivity index (χ0) is 20.5. The molecule has 2 aromatic rings. The molecule has 6 nitrogen and oxygen atoms in total. The van der Waals surface area contributed by atoms with E-state index in [2.05, 4.69) is 11.7 Å². The lowest BCUT2D eigenvalue weighted by Crippen LogP contribution is -2.39. The fourth-order valence-corrected chi connectivity index (χ4v) is 3.17. The Kier molecular flexibility index (Phi) is 7.41. The van der Waals surface area contributed by atoms with E-state index in [0.717, 1.165) is 22.6 Å². The maximum atomic E-state index is 12.6. The van der Waals surface area contributed by atoms with Gasteiger partial charge in [-0.2, -0.15) is 0 Å². The van der Waals surface area contributed by atoms with Gasteiger partial charge in [0.05, 0.1) is 26.0 Å². The molecule has 29 heavy (non-hydrogen) atoms. The second-order valence-electron chi connectivity index (χ2n) is 6.74. The van der Waals surface area contributed by atoms with Gasteiger partial charge in [-0.3, -0.25) is 4.79 Å². The fourth-order valence-electron chi connectivity index (χ4n) is 3.17. The molecule has 0 N–H and O–H groups in total. The fraction of sp³-hybridized carbons (Fsp3) is 0.304. The Labute approximate surface area is 171 Å². The van der Waals surface area contributed by atoms with Crippen LogP contribution in [0.15, 0.2) is 72.4 Å². The predicted molar refractivity (Wildman–Crippen MR) is 112 cm³/mol. The van der Waals surface area contributed by atoms with Crippen molar-refractivity contribution in [2.45, 2.75) is 19.1 Å². The molecule has 1 aliphatic rings. The lowest BCUT2D eigenvalue weighted by Gasteiger charge is -2.23. The summed E-state index contributed by atoms with van der Waals surface area (Å²) in [5, 5.41) is 4.21. The van der Waals surface area contributed by atoms with Crippen LogP contribution in [0.5, 0.6) is 5.75 Å². The number of methoxy groups -OCH3 is 1. The number of hydrogen-bond donors (Lipinski definition) is 0. The molecule has 6 heteroatoms. The Bertz CT molecular complexity index is 851. The summed E-state index contributed by atoms with van der Waals surface area (Å²) in [6.07, 6.45) is 2.09. The second kappa shape index (κ2) is 10.4. The van der Waals surface area contributed by atoms with Gasteiger partial charge >= 0.3 is 0 Å². The van der Waals surface area contributed by atoms with E-state index in [9.17, 15) is 4.79 Å². The van der Waals surface area contributed by atoms with Crippen LogP contribution >= 0.6 is 0 Å². The normalized spacial score (nSPS) is 15.3. The van der Waals surface area contributed by atoms with Crippen LogP contribution in [0.4, 0.5) is 0 Å². The van der Waals surface area contributed by atoms with E-state index in [4.69, 9.17) is 14.3 Å². The summed E-state index contributed by atoms with van der Waals surface area (Å²) in [7, 11) is 1.63. The van der Waals surface area contributed by atoms with Gasteiger partial charge in [0.2, 0.25) is 5.91 Å². The Morgan fingerprint density at radius 2 is 2.00 bits per heavy atom. The van der Waals surface area contributed by atoms with Gasteiger partial charge in [0.15, 0.2) is 6.10 Å². The summed E-state index contributed by atoms with van der Waals surface area (Å²) >= 11 is 0. The first-order chi connectivity index (χ1) is 14.2. The van der Waals surface area contributed by atoms with Crippen LogP contribution in [0, 0.1) is 0 Å². The largest absolute Gasteiger partial charge is 0.496 e. The van der Waals surface area contributed by atoms with Crippen molar-refractivity contribution in [2.75, 3.05) is 26.8 Å². The Hall–Kier alpha value is -3.12. The number of hydrogen-bond acceptors (Lipinski definition) is 5. The minimum absolute atomic E-state index is 0.00960. The summed E-state index contributed by atoms with van der Waals surface area (Å²) in [5.41, 5.74) is 2.76. The first-order valence-electron chi connectivity index (χ1n) is 9.57. The summed E-state index contributed by atoms with van der Waals surface area (Å²) in [6.45, 7) is 5.00.